The Bertz CT molecular complexity index is 936. The number of rotatable bonds is 7. The van der Waals surface area contributed by atoms with Crippen LogP contribution in [0.2, 0.25) is 0 Å². The van der Waals surface area contributed by atoms with E-state index in [2.05, 4.69) is 5.32 Å². The van der Waals surface area contributed by atoms with Gasteiger partial charge in [0.05, 0.1) is 4.90 Å². The van der Waals surface area contributed by atoms with Gasteiger partial charge in [0.2, 0.25) is 10.0 Å². The maximum Gasteiger partial charge on any atom is 0.344 e. The monoisotopic (exact) mass is 392 g/mol. The molecule has 144 valence electrons. The van der Waals surface area contributed by atoms with Crippen molar-refractivity contribution in [2.75, 3.05) is 18.5 Å². The fraction of sp³-hybridized carbons (Fsp3) is 0.222. The van der Waals surface area contributed by atoms with Gasteiger partial charge in [-0.1, -0.05) is 24.3 Å². The first-order valence-electron chi connectivity index (χ1n) is 7.94. The van der Waals surface area contributed by atoms with Gasteiger partial charge in [-0.15, -0.1) is 0 Å². The molecule has 2 aromatic carbocycles. The fourth-order valence-corrected chi connectivity index (χ4v) is 2.85. The van der Waals surface area contributed by atoms with Gasteiger partial charge < -0.3 is 14.8 Å². The number of carbonyl (C=O) groups excluding carboxylic acids is 2. The number of aryl methyl sites for hydroxylation is 2. The van der Waals surface area contributed by atoms with E-state index in [0.717, 1.165) is 11.1 Å². The van der Waals surface area contributed by atoms with Gasteiger partial charge >= 0.3 is 5.97 Å². The van der Waals surface area contributed by atoms with E-state index in [-0.39, 0.29) is 17.2 Å². The molecule has 9 heteroatoms. The molecule has 0 aliphatic heterocycles. The first kappa shape index (κ1) is 20.4. The van der Waals surface area contributed by atoms with E-state index in [1.807, 2.05) is 32.0 Å². The third-order valence-corrected chi connectivity index (χ3v) is 4.46. The molecular weight excluding hydrogens is 372 g/mol. The minimum atomic E-state index is -3.88. The van der Waals surface area contributed by atoms with Crippen molar-refractivity contribution in [2.24, 2.45) is 5.14 Å². The van der Waals surface area contributed by atoms with Crippen LogP contribution in [-0.4, -0.2) is 33.5 Å². The molecule has 0 saturated carbocycles. The first-order valence-corrected chi connectivity index (χ1v) is 9.49. The largest absolute Gasteiger partial charge is 0.481 e. The molecular formula is C18H20N2O6S. The number of nitrogens with one attached hydrogen (secondary N) is 1. The number of amides is 1. The van der Waals surface area contributed by atoms with Crippen molar-refractivity contribution in [3.05, 3.63) is 53.6 Å². The molecule has 8 nitrogen and oxygen atoms in total. The smallest absolute Gasteiger partial charge is 0.344 e. The van der Waals surface area contributed by atoms with Crippen LogP contribution in [-0.2, 0) is 24.3 Å². The van der Waals surface area contributed by atoms with Crippen molar-refractivity contribution in [3.8, 4) is 5.75 Å². The van der Waals surface area contributed by atoms with E-state index in [0.29, 0.717) is 5.75 Å². The lowest BCUT2D eigenvalue weighted by Gasteiger charge is -2.11. The first-order chi connectivity index (χ1) is 12.7. The number of hydrogen-bond donors (Lipinski definition) is 2. The molecule has 1 amide bonds. The Labute approximate surface area is 157 Å². The average Bonchev–Trinajstić information content (AvgIpc) is 2.59. The summed E-state index contributed by atoms with van der Waals surface area (Å²) in [4.78, 5) is 23.5. The Kier molecular flexibility index (Phi) is 6.54. The minimum absolute atomic E-state index is 0.140. The van der Waals surface area contributed by atoms with Crippen LogP contribution in [0.3, 0.4) is 0 Å². The van der Waals surface area contributed by atoms with Crippen molar-refractivity contribution in [1.29, 1.82) is 0 Å². The normalized spacial score (nSPS) is 10.9. The number of para-hydroxylation sites is 1. The van der Waals surface area contributed by atoms with Crippen LogP contribution >= 0.6 is 0 Å². The zero-order valence-corrected chi connectivity index (χ0v) is 15.7. The predicted octanol–water partition coefficient (Wildman–Crippen LogP) is 1.51. The maximum atomic E-state index is 11.9. The maximum absolute atomic E-state index is 11.9. The van der Waals surface area contributed by atoms with Crippen LogP contribution in [0.5, 0.6) is 5.75 Å². The number of nitrogens with two attached hydrogens (primary N) is 1. The molecule has 0 aliphatic rings. The molecule has 0 aliphatic carbocycles. The number of benzene rings is 2. The van der Waals surface area contributed by atoms with Gasteiger partial charge in [0.25, 0.3) is 5.91 Å². The highest BCUT2D eigenvalue weighted by Crippen LogP contribution is 2.22. The van der Waals surface area contributed by atoms with E-state index in [9.17, 15) is 18.0 Å². The lowest BCUT2D eigenvalue weighted by Crippen LogP contribution is -2.24. The predicted molar refractivity (Wildman–Crippen MR) is 98.8 cm³/mol. The van der Waals surface area contributed by atoms with Gasteiger partial charge in [-0.2, -0.15) is 0 Å². The van der Waals surface area contributed by atoms with Gasteiger partial charge in [0, 0.05) is 5.69 Å². The van der Waals surface area contributed by atoms with Crippen LogP contribution in [0.25, 0.3) is 0 Å². The van der Waals surface area contributed by atoms with Crippen LogP contribution in [0.4, 0.5) is 5.69 Å². The van der Waals surface area contributed by atoms with Crippen LogP contribution in [0, 0.1) is 13.8 Å². The molecule has 0 fully saturated rings. The van der Waals surface area contributed by atoms with E-state index in [1.165, 1.54) is 24.3 Å². The third kappa shape index (κ3) is 6.08. The second-order valence-corrected chi connectivity index (χ2v) is 7.35. The lowest BCUT2D eigenvalue weighted by molar-refractivity contribution is -0.149. The Morgan fingerprint density at radius 1 is 1.04 bits per heavy atom. The molecule has 0 aromatic heterocycles. The van der Waals surface area contributed by atoms with Gasteiger partial charge in [-0.05, 0) is 43.2 Å². The number of sulfonamides is 1. The number of primary sulfonamides is 1. The quantitative estimate of drug-likeness (QED) is 0.688. The summed E-state index contributed by atoms with van der Waals surface area (Å²) in [6.45, 7) is 2.85. The SMILES string of the molecule is Cc1cccc(C)c1OCC(=O)OCC(=O)Nc1cccc(S(N)(=O)=O)c1. The molecule has 0 spiro atoms. The summed E-state index contributed by atoms with van der Waals surface area (Å²) in [5.41, 5.74) is 1.99. The van der Waals surface area contributed by atoms with Gasteiger partial charge in [0.1, 0.15) is 5.75 Å². The standard InChI is InChI=1S/C18H20N2O6S/c1-12-5-3-6-13(2)18(12)26-11-17(22)25-10-16(21)20-14-7-4-8-15(9-14)27(19,23)24/h3-9H,10-11H2,1-2H3,(H,20,21)(H2,19,23,24). The van der Waals surface area contributed by atoms with E-state index < -0.39 is 28.5 Å². The molecule has 2 aromatic rings. The van der Waals surface area contributed by atoms with Crippen LogP contribution < -0.4 is 15.2 Å². The number of hydrogen-bond acceptors (Lipinski definition) is 6. The van der Waals surface area contributed by atoms with Crippen molar-refractivity contribution >= 4 is 27.6 Å². The van der Waals surface area contributed by atoms with Crippen molar-refractivity contribution < 1.29 is 27.5 Å². The third-order valence-electron chi connectivity index (χ3n) is 3.55. The lowest BCUT2D eigenvalue weighted by atomic mass is 10.1. The second kappa shape index (κ2) is 8.65. The topological polar surface area (TPSA) is 125 Å². The Hall–Kier alpha value is -2.91. The minimum Gasteiger partial charge on any atom is -0.481 e. The van der Waals surface area contributed by atoms with Gasteiger partial charge in [-0.25, -0.2) is 18.4 Å². The van der Waals surface area contributed by atoms with Crippen molar-refractivity contribution in [3.63, 3.8) is 0 Å². The number of carbonyl (C=O) groups is 2. The number of esters is 1. The average molecular weight is 392 g/mol. The molecule has 0 heterocycles. The van der Waals surface area contributed by atoms with Gasteiger partial charge in [-0.3, -0.25) is 4.79 Å². The Morgan fingerprint density at radius 2 is 1.67 bits per heavy atom. The summed E-state index contributed by atoms with van der Waals surface area (Å²) in [5.74, 6) is -0.730. The summed E-state index contributed by atoms with van der Waals surface area (Å²) in [6, 6.07) is 11.0. The Morgan fingerprint density at radius 3 is 2.30 bits per heavy atom. The highest BCUT2D eigenvalue weighted by Gasteiger charge is 2.12. The van der Waals surface area contributed by atoms with Crippen LogP contribution in [0.1, 0.15) is 11.1 Å². The van der Waals surface area contributed by atoms with E-state index in [4.69, 9.17) is 14.6 Å². The summed E-state index contributed by atoms with van der Waals surface area (Å²) in [7, 11) is -3.88. The number of anilines is 1. The van der Waals surface area contributed by atoms with Crippen molar-refractivity contribution in [2.45, 2.75) is 18.7 Å². The molecule has 0 bridgehead atoms. The molecule has 3 N–H and O–H groups in total. The highest BCUT2D eigenvalue weighted by atomic mass is 32.2. The molecule has 0 saturated heterocycles. The molecule has 0 unspecified atom stereocenters. The van der Waals surface area contributed by atoms with Gasteiger partial charge in [0.15, 0.2) is 13.2 Å². The summed E-state index contributed by atoms with van der Waals surface area (Å²) in [6.07, 6.45) is 0. The zero-order chi connectivity index (χ0) is 20.0. The van der Waals surface area contributed by atoms with Crippen LogP contribution in [0.15, 0.2) is 47.4 Å². The molecule has 2 rings (SSSR count). The second-order valence-electron chi connectivity index (χ2n) is 5.79. The fourth-order valence-electron chi connectivity index (χ4n) is 2.29. The molecule has 27 heavy (non-hydrogen) atoms. The molecule has 0 atom stereocenters. The molecule has 0 radical (unpaired) electrons. The highest BCUT2D eigenvalue weighted by molar-refractivity contribution is 7.89. The summed E-state index contributed by atoms with van der Waals surface area (Å²) in [5, 5.41) is 7.46. The number of ether oxygens (including phenoxy) is 2. The van der Waals surface area contributed by atoms with Crippen molar-refractivity contribution in [1.82, 2.24) is 0 Å². The van der Waals surface area contributed by atoms with E-state index in [1.54, 1.807) is 0 Å². The summed E-state index contributed by atoms with van der Waals surface area (Å²) >= 11 is 0. The Balaban J connectivity index is 1.84. The summed E-state index contributed by atoms with van der Waals surface area (Å²) < 4.78 is 32.9. The zero-order valence-electron chi connectivity index (χ0n) is 14.9. The van der Waals surface area contributed by atoms with E-state index >= 15 is 0 Å².